The molecular formula is C20H25N5O3S. The number of carbonyl (C=O) groups is 1. The van der Waals surface area contributed by atoms with Crippen molar-refractivity contribution in [1.82, 2.24) is 24.3 Å². The first-order valence-corrected chi connectivity index (χ1v) is 11.3. The van der Waals surface area contributed by atoms with Crippen molar-refractivity contribution in [2.24, 2.45) is 0 Å². The van der Waals surface area contributed by atoms with Gasteiger partial charge in [0, 0.05) is 26.2 Å². The van der Waals surface area contributed by atoms with Gasteiger partial charge in [-0.1, -0.05) is 18.2 Å². The molecule has 0 spiro atoms. The molecule has 1 amide bonds. The second-order valence-electron chi connectivity index (χ2n) is 7.47. The van der Waals surface area contributed by atoms with Gasteiger partial charge in [-0.25, -0.2) is 8.42 Å². The minimum Gasteiger partial charge on any atom is -0.335 e. The van der Waals surface area contributed by atoms with Crippen LogP contribution < -0.4 is 0 Å². The summed E-state index contributed by atoms with van der Waals surface area (Å²) in [6, 6.07) is 9.93. The van der Waals surface area contributed by atoms with E-state index in [9.17, 15) is 13.2 Å². The Hall–Kier alpha value is -2.36. The van der Waals surface area contributed by atoms with Gasteiger partial charge in [0.05, 0.1) is 28.9 Å². The molecule has 4 rings (SSSR count). The minimum atomic E-state index is -3.62. The molecule has 154 valence electrons. The van der Waals surface area contributed by atoms with Crippen molar-refractivity contribution in [3.63, 3.8) is 0 Å². The highest BCUT2D eigenvalue weighted by Crippen LogP contribution is 2.25. The zero-order chi connectivity index (χ0) is 20.3. The van der Waals surface area contributed by atoms with Gasteiger partial charge in [-0.05, 0) is 44.1 Å². The lowest BCUT2D eigenvalue weighted by Crippen LogP contribution is -2.63. The van der Waals surface area contributed by atoms with Gasteiger partial charge in [0.15, 0.2) is 0 Å². The molecule has 0 radical (unpaired) electrons. The van der Waals surface area contributed by atoms with E-state index in [0.717, 1.165) is 25.9 Å². The van der Waals surface area contributed by atoms with E-state index in [-0.39, 0.29) is 11.9 Å². The molecule has 1 aromatic carbocycles. The molecule has 2 aliphatic rings. The van der Waals surface area contributed by atoms with Crippen LogP contribution in [0.3, 0.4) is 0 Å². The quantitative estimate of drug-likeness (QED) is 0.673. The number of rotatable bonds is 7. The van der Waals surface area contributed by atoms with E-state index in [0.29, 0.717) is 36.6 Å². The Kier molecular flexibility index (Phi) is 5.89. The zero-order valence-electron chi connectivity index (χ0n) is 16.2. The standard InChI is InChI=1S/C20H25N5O3S/c26-20(17-8-9-21-22-14-17)24-15-18(16-24)25(13-12-23-10-4-5-11-23)29(27,28)19-6-2-1-3-7-19/h1-3,6-9,14,18H,4-5,10-13,15-16H2. The van der Waals surface area contributed by atoms with Crippen LogP contribution >= 0.6 is 0 Å². The third-order valence-electron chi connectivity index (χ3n) is 5.57. The molecule has 2 fully saturated rings. The van der Waals surface area contributed by atoms with Crippen LogP contribution in [0.1, 0.15) is 23.2 Å². The molecule has 9 heteroatoms. The Morgan fingerprint density at radius 1 is 1.07 bits per heavy atom. The fourth-order valence-electron chi connectivity index (χ4n) is 3.88. The molecule has 0 N–H and O–H groups in total. The summed E-state index contributed by atoms with van der Waals surface area (Å²) in [5.41, 5.74) is 0.466. The van der Waals surface area contributed by atoms with Crippen molar-refractivity contribution in [2.45, 2.75) is 23.8 Å². The molecule has 0 unspecified atom stereocenters. The van der Waals surface area contributed by atoms with E-state index >= 15 is 0 Å². The molecule has 29 heavy (non-hydrogen) atoms. The predicted molar refractivity (Wildman–Crippen MR) is 108 cm³/mol. The van der Waals surface area contributed by atoms with Crippen LogP contribution in [0, 0.1) is 0 Å². The Bertz CT molecular complexity index is 927. The predicted octanol–water partition coefficient (Wildman–Crippen LogP) is 1.09. The molecule has 0 saturated carbocycles. The molecular weight excluding hydrogens is 390 g/mol. The van der Waals surface area contributed by atoms with E-state index in [1.165, 1.54) is 12.4 Å². The lowest BCUT2D eigenvalue weighted by molar-refractivity contribution is 0.0441. The van der Waals surface area contributed by atoms with Crippen molar-refractivity contribution in [3.8, 4) is 0 Å². The molecule has 2 aromatic rings. The number of hydrogen-bond acceptors (Lipinski definition) is 6. The van der Waals surface area contributed by atoms with Crippen LogP contribution in [0.2, 0.25) is 0 Å². The number of sulfonamides is 1. The van der Waals surface area contributed by atoms with Gasteiger partial charge in [0.1, 0.15) is 0 Å². The van der Waals surface area contributed by atoms with Crippen molar-refractivity contribution >= 4 is 15.9 Å². The second-order valence-corrected chi connectivity index (χ2v) is 9.36. The maximum Gasteiger partial charge on any atom is 0.255 e. The minimum absolute atomic E-state index is 0.146. The highest BCUT2D eigenvalue weighted by atomic mass is 32.2. The third kappa shape index (κ3) is 4.31. The summed E-state index contributed by atoms with van der Waals surface area (Å²) in [6.07, 6.45) is 5.24. The van der Waals surface area contributed by atoms with E-state index in [2.05, 4.69) is 15.1 Å². The maximum absolute atomic E-state index is 13.3. The molecule has 0 bridgehead atoms. The number of aromatic nitrogens is 2. The number of benzene rings is 1. The number of nitrogens with zero attached hydrogens (tertiary/aromatic N) is 5. The summed E-state index contributed by atoms with van der Waals surface area (Å²) in [5, 5.41) is 7.43. The smallest absolute Gasteiger partial charge is 0.255 e. The number of amides is 1. The molecule has 0 aliphatic carbocycles. The molecule has 0 atom stereocenters. The van der Waals surface area contributed by atoms with E-state index in [1.807, 2.05) is 0 Å². The summed E-state index contributed by atoms with van der Waals surface area (Å²) in [6.45, 7) is 3.94. The number of hydrogen-bond donors (Lipinski definition) is 0. The Morgan fingerprint density at radius 2 is 1.79 bits per heavy atom. The van der Waals surface area contributed by atoms with Gasteiger partial charge in [-0.2, -0.15) is 14.5 Å². The first-order chi connectivity index (χ1) is 14.1. The van der Waals surface area contributed by atoms with Crippen LogP contribution in [0.4, 0.5) is 0 Å². The Morgan fingerprint density at radius 3 is 2.45 bits per heavy atom. The van der Waals surface area contributed by atoms with Crippen LogP contribution in [0.25, 0.3) is 0 Å². The first-order valence-electron chi connectivity index (χ1n) is 9.91. The van der Waals surface area contributed by atoms with E-state index < -0.39 is 10.0 Å². The molecule has 3 heterocycles. The average Bonchev–Trinajstić information content (AvgIpc) is 3.24. The van der Waals surface area contributed by atoms with Gasteiger partial charge < -0.3 is 9.80 Å². The van der Waals surface area contributed by atoms with E-state index in [1.54, 1.807) is 45.6 Å². The topological polar surface area (TPSA) is 86.7 Å². The summed E-state index contributed by atoms with van der Waals surface area (Å²) < 4.78 is 28.2. The van der Waals surface area contributed by atoms with Crippen molar-refractivity contribution in [2.75, 3.05) is 39.3 Å². The third-order valence-corrected chi connectivity index (χ3v) is 7.54. The van der Waals surface area contributed by atoms with Gasteiger partial charge >= 0.3 is 0 Å². The monoisotopic (exact) mass is 415 g/mol. The van der Waals surface area contributed by atoms with Crippen LogP contribution in [0.15, 0.2) is 53.7 Å². The molecule has 2 saturated heterocycles. The van der Waals surface area contributed by atoms with Crippen molar-refractivity contribution < 1.29 is 13.2 Å². The average molecular weight is 416 g/mol. The summed E-state index contributed by atoms with van der Waals surface area (Å²) in [4.78, 5) is 16.8. The van der Waals surface area contributed by atoms with Gasteiger partial charge in [0.2, 0.25) is 10.0 Å². The van der Waals surface area contributed by atoms with Crippen molar-refractivity contribution in [3.05, 3.63) is 54.4 Å². The second kappa shape index (κ2) is 8.56. The highest BCUT2D eigenvalue weighted by Gasteiger charge is 2.41. The van der Waals surface area contributed by atoms with Crippen LogP contribution in [-0.2, 0) is 10.0 Å². The van der Waals surface area contributed by atoms with Crippen molar-refractivity contribution in [1.29, 1.82) is 0 Å². The summed E-state index contributed by atoms with van der Waals surface area (Å²) in [7, 11) is -3.62. The van der Waals surface area contributed by atoms with Crippen LogP contribution in [-0.4, -0.2) is 83.9 Å². The normalized spacial score (nSPS) is 18.2. The zero-order valence-corrected chi connectivity index (χ0v) is 17.0. The van der Waals surface area contributed by atoms with Gasteiger partial charge in [-0.15, -0.1) is 0 Å². The fraction of sp³-hybridized carbons (Fsp3) is 0.450. The lowest BCUT2D eigenvalue weighted by atomic mass is 10.1. The molecule has 8 nitrogen and oxygen atoms in total. The largest absolute Gasteiger partial charge is 0.335 e. The SMILES string of the molecule is O=C(c1ccnnc1)N1CC(N(CCN2CCCC2)S(=O)(=O)c2ccccc2)C1. The maximum atomic E-state index is 13.3. The molecule has 1 aromatic heterocycles. The first kappa shape index (κ1) is 19.9. The van der Waals surface area contributed by atoms with Gasteiger partial charge in [0.25, 0.3) is 5.91 Å². The summed E-state index contributed by atoms with van der Waals surface area (Å²) in [5.74, 6) is -0.146. The highest BCUT2D eigenvalue weighted by molar-refractivity contribution is 7.89. The Labute approximate surface area is 171 Å². The lowest BCUT2D eigenvalue weighted by Gasteiger charge is -2.44. The summed E-state index contributed by atoms with van der Waals surface area (Å²) >= 11 is 0. The number of likely N-dealkylation sites (tertiary alicyclic amines) is 2. The number of carbonyl (C=O) groups excluding carboxylic acids is 1. The Balaban J connectivity index is 1.48. The fourth-order valence-corrected chi connectivity index (χ4v) is 5.50. The van der Waals surface area contributed by atoms with E-state index in [4.69, 9.17) is 0 Å². The molecule has 2 aliphatic heterocycles. The van der Waals surface area contributed by atoms with Crippen LogP contribution in [0.5, 0.6) is 0 Å². The van der Waals surface area contributed by atoms with Gasteiger partial charge in [-0.3, -0.25) is 4.79 Å².